The zero-order chi connectivity index (χ0) is 8.97. The van der Waals surface area contributed by atoms with Gasteiger partial charge in [-0.3, -0.25) is 0 Å². The number of thioether (sulfide) groups is 1. The Balaban J connectivity index is 2.15. The van der Waals surface area contributed by atoms with E-state index in [9.17, 15) is 4.79 Å². The molecule has 0 aliphatic heterocycles. The highest BCUT2D eigenvalue weighted by Gasteiger charge is 2.28. The first-order chi connectivity index (χ1) is 5.74. The Morgan fingerprint density at radius 1 is 1.75 bits per heavy atom. The molecule has 1 unspecified atom stereocenters. The van der Waals surface area contributed by atoms with E-state index in [0.717, 1.165) is 18.6 Å². The van der Waals surface area contributed by atoms with E-state index < -0.39 is 5.56 Å². The van der Waals surface area contributed by atoms with Gasteiger partial charge in [0.2, 0.25) is 0 Å². The van der Waals surface area contributed by atoms with Gasteiger partial charge in [-0.05, 0) is 24.6 Å². The molecule has 1 saturated carbocycles. The third-order valence-corrected chi connectivity index (χ3v) is 3.06. The van der Waals surface area contributed by atoms with Crippen LogP contribution in [0.3, 0.4) is 0 Å². The molecule has 70 valence electrons. The fraction of sp³-hybridized carbons (Fsp3) is 0.875. The number of hydrogen-bond donors (Lipinski definition) is 0. The third kappa shape index (κ3) is 2.87. The molecule has 4 heteroatoms. The van der Waals surface area contributed by atoms with E-state index >= 15 is 0 Å². The maximum Gasteiger partial charge on any atom is 0.368 e. The van der Waals surface area contributed by atoms with Gasteiger partial charge in [0.25, 0.3) is 0 Å². The van der Waals surface area contributed by atoms with Gasteiger partial charge in [0.05, 0.1) is 0 Å². The van der Waals surface area contributed by atoms with Gasteiger partial charge in [-0.2, -0.15) is 0 Å². The van der Waals surface area contributed by atoms with E-state index in [2.05, 4.69) is 0 Å². The van der Waals surface area contributed by atoms with Gasteiger partial charge in [0, 0.05) is 11.7 Å². The number of hydrogen-bond acceptors (Lipinski definition) is 3. The Bertz CT molecular complexity index is 159. The van der Waals surface area contributed by atoms with Crippen LogP contribution in [0.5, 0.6) is 0 Å². The number of carbonyl (C=O) groups excluding carboxylic acids is 1. The summed E-state index contributed by atoms with van der Waals surface area (Å²) in [6, 6.07) is 0. The van der Waals surface area contributed by atoms with E-state index in [1.807, 2.05) is 6.92 Å². The fourth-order valence-electron chi connectivity index (χ4n) is 1.04. The lowest BCUT2D eigenvalue weighted by molar-refractivity contribution is 0.0993. The lowest BCUT2D eigenvalue weighted by atomic mass is 9.86. The summed E-state index contributed by atoms with van der Waals surface area (Å²) in [4.78, 5) is 11.0. The van der Waals surface area contributed by atoms with Gasteiger partial charge in [0.1, 0.15) is 0 Å². The molecule has 0 amide bonds. The Kier molecular flexibility index (Phi) is 4.22. The Hall–Kier alpha value is 0.110. The van der Waals surface area contributed by atoms with Crippen molar-refractivity contribution in [3.8, 4) is 0 Å². The van der Waals surface area contributed by atoms with Crippen LogP contribution in [-0.4, -0.2) is 16.6 Å². The van der Waals surface area contributed by atoms with Crippen molar-refractivity contribution in [3.63, 3.8) is 0 Å². The van der Waals surface area contributed by atoms with E-state index in [1.165, 1.54) is 18.2 Å². The molecule has 2 nitrogen and oxygen atoms in total. The molecular formula is C8H13ClO2S. The van der Waals surface area contributed by atoms with Crippen LogP contribution in [-0.2, 0) is 4.74 Å². The largest absolute Gasteiger partial charge is 0.438 e. The molecule has 0 radical (unpaired) electrons. The van der Waals surface area contributed by atoms with Gasteiger partial charge in [0.15, 0.2) is 5.56 Å². The number of alkyl halides is 1. The van der Waals surface area contributed by atoms with Crippen molar-refractivity contribution in [3.05, 3.63) is 0 Å². The Morgan fingerprint density at radius 3 is 2.83 bits per heavy atom. The van der Waals surface area contributed by atoms with Crippen molar-refractivity contribution < 1.29 is 9.53 Å². The summed E-state index contributed by atoms with van der Waals surface area (Å²) in [6.45, 7) is 1.92. The number of rotatable bonds is 3. The van der Waals surface area contributed by atoms with Gasteiger partial charge in [-0.25, -0.2) is 4.79 Å². The average molecular weight is 209 g/mol. The summed E-state index contributed by atoms with van der Waals surface area (Å²) in [5.74, 6) is 1.14. The molecule has 0 spiro atoms. The van der Waals surface area contributed by atoms with E-state index in [0.29, 0.717) is 5.92 Å². The first kappa shape index (κ1) is 10.2. The third-order valence-electron chi connectivity index (χ3n) is 1.99. The quantitative estimate of drug-likeness (QED) is 0.526. The van der Waals surface area contributed by atoms with Crippen molar-refractivity contribution in [2.24, 2.45) is 5.92 Å². The molecular weight excluding hydrogens is 196 g/mol. The second kappa shape index (κ2) is 4.97. The van der Waals surface area contributed by atoms with Crippen LogP contribution in [0, 0.1) is 5.92 Å². The second-order valence-corrected chi connectivity index (χ2v) is 4.47. The highest BCUT2D eigenvalue weighted by atomic mass is 35.5. The maximum absolute atomic E-state index is 11.0. The summed E-state index contributed by atoms with van der Waals surface area (Å²) < 4.78 is 4.98. The summed E-state index contributed by atoms with van der Waals surface area (Å²) in [6.07, 6.45) is 3.41. The molecule has 1 fully saturated rings. The minimum absolute atomic E-state index is 0.246. The molecule has 0 heterocycles. The minimum Gasteiger partial charge on any atom is -0.438 e. The highest BCUT2D eigenvalue weighted by molar-refractivity contribution is 8.13. The van der Waals surface area contributed by atoms with Crippen LogP contribution in [0.1, 0.15) is 26.2 Å². The van der Waals surface area contributed by atoms with E-state index in [1.54, 1.807) is 0 Å². The molecule has 0 aromatic carbocycles. The molecule has 1 aliphatic rings. The SMILES string of the molecule is CCSC(=O)OC(Cl)C1CCC1. The molecule has 1 atom stereocenters. The summed E-state index contributed by atoms with van der Waals surface area (Å²) in [7, 11) is 0. The average Bonchev–Trinajstić information content (AvgIpc) is 1.82. The van der Waals surface area contributed by atoms with Gasteiger partial charge < -0.3 is 4.74 Å². The predicted molar refractivity (Wildman–Crippen MR) is 51.6 cm³/mol. The Labute approximate surface area is 82.0 Å². The van der Waals surface area contributed by atoms with Crippen LogP contribution in [0.25, 0.3) is 0 Å². The van der Waals surface area contributed by atoms with Crippen LogP contribution in [0.4, 0.5) is 4.79 Å². The number of ether oxygens (including phenoxy) is 1. The van der Waals surface area contributed by atoms with E-state index in [4.69, 9.17) is 16.3 Å². The molecule has 1 rings (SSSR count). The van der Waals surface area contributed by atoms with E-state index in [-0.39, 0.29) is 5.30 Å². The standard InChI is InChI=1S/C8H13ClO2S/c1-2-12-8(10)11-7(9)6-4-3-5-6/h6-7H,2-5H2,1H3. The normalized spacial score (nSPS) is 19.8. The van der Waals surface area contributed by atoms with Crippen molar-refractivity contribution in [1.29, 1.82) is 0 Å². The van der Waals surface area contributed by atoms with Gasteiger partial charge in [-0.1, -0.05) is 24.9 Å². The lowest BCUT2D eigenvalue weighted by Gasteiger charge is -2.28. The first-order valence-corrected chi connectivity index (χ1v) is 5.63. The summed E-state index contributed by atoms with van der Waals surface area (Å²) >= 11 is 7.02. The molecule has 1 aliphatic carbocycles. The topological polar surface area (TPSA) is 26.3 Å². The second-order valence-electron chi connectivity index (χ2n) is 2.84. The summed E-state index contributed by atoms with van der Waals surface area (Å²) in [5, 5.41) is -0.246. The molecule has 0 N–H and O–H groups in total. The molecule has 12 heavy (non-hydrogen) atoms. The zero-order valence-corrected chi connectivity index (χ0v) is 8.66. The molecule has 0 aromatic heterocycles. The molecule has 0 saturated heterocycles. The first-order valence-electron chi connectivity index (χ1n) is 4.21. The number of carbonyl (C=O) groups is 1. The fourth-order valence-corrected chi connectivity index (χ4v) is 1.84. The smallest absolute Gasteiger partial charge is 0.368 e. The van der Waals surface area contributed by atoms with Gasteiger partial charge >= 0.3 is 5.30 Å². The highest BCUT2D eigenvalue weighted by Crippen LogP contribution is 2.33. The maximum atomic E-state index is 11.0. The molecule has 0 bridgehead atoms. The van der Waals surface area contributed by atoms with Crippen molar-refractivity contribution >= 4 is 28.7 Å². The van der Waals surface area contributed by atoms with Crippen LogP contribution in [0.2, 0.25) is 0 Å². The zero-order valence-electron chi connectivity index (χ0n) is 7.09. The van der Waals surface area contributed by atoms with Crippen molar-refractivity contribution in [2.45, 2.75) is 31.7 Å². The van der Waals surface area contributed by atoms with Crippen LogP contribution >= 0.6 is 23.4 Å². The Morgan fingerprint density at radius 2 is 2.42 bits per heavy atom. The van der Waals surface area contributed by atoms with Crippen molar-refractivity contribution in [2.75, 3.05) is 5.75 Å². The lowest BCUT2D eigenvalue weighted by Crippen LogP contribution is -2.25. The van der Waals surface area contributed by atoms with Crippen molar-refractivity contribution in [1.82, 2.24) is 0 Å². The minimum atomic E-state index is -0.398. The number of halogens is 1. The van der Waals surface area contributed by atoms with Crippen LogP contribution in [0.15, 0.2) is 0 Å². The molecule has 0 aromatic rings. The van der Waals surface area contributed by atoms with Crippen LogP contribution < -0.4 is 0 Å². The predicted octanol–water partition coefficient (Wildman–Crippen LogP) is 3.24. The monoisotopic (exact) mass is 208 g/mol. The summed E-state index contributed by atoms with van der Waals surface area (Å²) in [5.41, 5.74) is -0.398. The van der Waals surface area contributed by atoms with Gasteiger partial charge in [-0.15, -0.1) is 0 Å².